The van der Waals surface area contributed by atoms with Crippen molar-refractivity contribution in [1.82, 2.24) is 30.5 Å². The van der Waals surface area contributed by atoms with Crippen LogP contribution in [-0.4, -0.2) is 38.9 Å². The molecule has 3 N–H and O–H groups in total. The second-order valence-corrected chi connectivity index (χ2v) is 6.65. The van der Waals surface area contributed by atoms with Gasteiger partial charge in [-0.15, -0.1) is 0 Å². The number of pyridine rings is 1. The molecule has 30 heavy (non-hydrogen) atoms. The fraction of sp³-hybridized carbons (Fsp3) is 0.150. The van der Waals surface area contributed by atoms with Gasteiger partial charge in [-0.25, -0.2) is 14.8 Å². The van der Waals surface area contributed by atoms with Crippen molar-refractivity contribution in [1.29, 1.82) is 0 Å². The third-order valence-corrected chi connectivity index (χ3v) is 4.61. The van der Waals surface area contributed by atoms with Gasteiger partial charge in [0, 0.05) is 19.4 Å². The average Bonchev–Trinajstić information content (AvgIpc) is 3.30. The summed E-state index contributed by atoms with van der Waals surface area (Å²) >= 11 is 0. The quantitative estimate of drug-likeness (QED) is 0.526. The molecular weight excluding hydrogens is 388 g/mol. The molecule has 1 aliphatic heterocycles. The number of hydrogen-bond acceptors (Lipinski definition) is 6. The maximum absolute atomic E-state index is 12.6. The van der Waals surface area contributed by atoms with Gasteiger partial charge in [0.2, 0.25) is 0 Å². The number of nitrogens with one attached hydrogen (secondary N) is 3. The van der Waals surface area contributed by atoms with Crippen LogP contribution in [0.1, 0.15) is 16.3 Å². The first-order chi connectivity index (χ1) is 14.5. The minimum atomic E-state index is -1.51. The summed E-state index contributed by atoms with van der Waals surface area (Å²) in [6.45, 7) is -0.196. The van der Waals surface area contributed by atoms with Crippen LogP contribution in [-0.2, 0) is 17.4 Å². The number of carbonyl (C=O) groups is 3. The van der Waals surface area contributed by atoms with Crippen LogP contribution in [0.5, 0.6) is 11.5 Å². The Bertz CT molecular complexity index is 1100. The zero-order chi connectivity index (χ0) is 21.1. The van der Waals surface area contributed by atoms with Crippen LogP contribution in [0.15, 0.2) is 61.1 Å². The third-order valence-electron chi connectivity index (χ3n) is 4.61. The summed E-state index contributed by atoms with van der Waals surface area (Å²) in [5.74, 6) is 0.317. The van der Waals surface area contributed by atoms with Gasteiger partial charge in [-0.2, -0.15) is 0 Å². The lowest BCUT2D eigenvalue weighted by molar-refractivity contribution is -0.124. The standard InChI is InChI=1S/C20H18N6O4/c1-26-10-9-21-17(26)20(18(28)24-19(29)25-20)12-23-16(27)15-8-7-14(11-22-15)30-13-5-3-2-4-6-13/h2-11H,12H2,1H3,(H,23,27)(H2,24,25,28,29). The van der Waals surface area contributed by atoms with Crippen molar-refractivity contribution in [2.24, 2.45) is 7.05 Å². The van der Waals surface area contributed by atoms with Gasteiger partial charge in [0.25, 0.3) is 11.8 Å². The number of rotatable bonds is 6. The number of carbonyl (C=O) groups excluding carboxylic acids is 3. The average molecular weight is 406 g/mol. The van der Waals surface area contributed by atoms with Gasteiger partial charge >= 0.3 is 6.03 Å². The molecule has 1 unspecified atom stereocenters. The van der Waals surface area contributed by atoms with E-state index in [1.54, 1.807) is 36.0 Å². The Hall–Kier alpha value is -4.21. The van der Waals surface area contributed by atoms with Crippen LogP contribution >= 0.6 is 0 Å². The molecule has 4 rings (SSSR count). The van der Waals surface area contributed by atoms with Gasteiger partial charge in [-0.3, -0.25) is 14.9 Å². The molecule has 3 heterocycles. The summed E-state index contributed by atoms with van der Waals surface area (Å²) in [5.41, 5.74) is -1.38. The largest absolute Gasteiger partial charge is 0.456 e. The summed E-state index contributed by atoms with van der Waals surface area (Å²) in [6.07, 6.45) is 4.58. The van der Waals surface area contributed by atoms with Crippen LogP contribution in [0.2, 0.25) is 0 Å². The highest BCUT2D eigenvalue weighted by molar-refractivity contribution is 6.07. The van der Waals surface area contributed by atoms with Gasteiger partial charge in [-0.1, -0.05) is 18.2 Å². The summed E-state index contributed by atoms with van der Waals surface area (Å²) in [7, 11) is 1.69. The van der Waals surface area contributed by atoms with Gasteiger partial charge in [-0.05, 0) is 24.3 Å². The van der Waals surface area contributed by atoms with Crippen LogP contribution in [0.3, 0.4) is 0 Å². The smallest absolute Gasteiger partial charge is 0.322 e. The lowest BCUT2D eigenvalue weighted by atomic mass is 9.98. The van der Waals surface area contributed by atoms with Crippen LogP contribution < -0.4 is 20.7 Å². The summed E-state index contributed by atoms with van der Waals surface area (Å²) in [4.78, 5) is 45.1. The normalized spacial score (nSPS) is 17.9. The topological polar surface area (TPSA) is 127 Å². The molecule has 152 valence electrons. The Balaban J connectivity index is 1.47. The number of para-hydroxylation sites is 1. The van der Waals surface area contributed by atoms with E-state index in [1.165, 1.54) is 18.5 Å². The van der Waals surface area contributed by atoms with E-state index in [0.29, 0.717) is 17.3 Å². The van der Waals surface area contributed by atoms with Crippen LogP contribution in [0, 0.1) is 0 Å². The Morgan fingerprint density at radius 3 is 2.53 bits per heavy atom. The van der Waals surface area contributed by atoms with Gasteiger partial charge in [0.15, 0.2) is 5.54 Å². The minimum Gasteiger partial charge on any atom is -0.456 e. The Kier molecular flexibility index (Phi) is 4.88. The molecule has 0 radical (unpaired) electrons. The lowest BCUT2D eigenvalue weighted by Gasteiger charge is -2.25. The monoisotopic (exact) mass is 406 g/mol. The molecule has 4 amide bonds. The summed E-state index contributed by atoms with van der Waals surface area (Å²) in [6, 6.07) is 11.7. The first-order valence-corrected chi connectivity index (χ1v) is 9.06. The van der Waals surface area contributed by atoms with E-state index >= 15 is 0 Å². The fourth-order valence-corrected chi connectivity index (χ4v) is 3.13. The molecule has 1 aromatic carbocycles. The molecule has 10 nitrogen and oxygen atoms in total. The fourth-order valence-electron chi connectivity index (χ4n) is 3.13. The lowest BCUT2D eigenvalue weighted by Crippen LogP contribution is -2.54. The number of urea groups is 1. The molecule has 10 heteroatoms. The van der Waals surface area contributed by atoms with E-state index in [9.17, 15) is 14.4 Å². The highest BCUT2D eigenvalue weighted by Crippen LogP contribution is 2.23. The van der Waals surface area contributed by atoms with Gasteiger partial charge in [0.05, 0.1) is 12.7 Å². The number of nitrogens with zero attached hydrogens (tertiary/aromatic N) is 3. The highest BCUT2D eigenvalue weighted by Gasteiger charge is 2.50. The number of aromatic nitrogens is 3. The first kappa shape index (κ1) is 19.1. The van der Waals surface area contributed by atoms with Crippen molar-refractivity contribution >= 4 is 17.8 Å². The number of hydrogen-bond donors (Lipinski definition) is 3. The van der Waals surface area contributed by atoms with Crippen LogP contribution in [0.4, 0.5) is 4.79 Å². The van der Waals surface area contributed by atoms with Crippen molar-refractivity contribution in [3.05, 3.63) is 72.6 Å². The van der Waals surface area contributed by atoms with Crippen molar-refractivity contribution in [2.75, 3.05) is 6.54 Å². The summed E-state index contributed by atoms with van der Waals surface area (Å²) in [5, 5.41) is 7.40. The number of benzene rings is 1. The second kappa shape index (κ2) is 7.66. The molecule has 0 bridgehead atoms. The molecule has 1 aliphatic rings. The molecule has 0 spiro atoms. The van der Waals surface area contributed by atoms with Crippen molar-refractivity contribution < 1.29 is 19.1 Å². The van der Waals surface area contributed by atoms with Gasteiger partial charge in [0.1, 0.15) is 23.0 Å². The number of imidazole rings is 1. The van der Waals surface area contributed by atoms with E-state index in [0.717, 1.165) is 0 Å². The van der Waals surface area contributed by atoms with Crippen molar-refractivity contribution in [3.8, 4) is 11.5 Å². The highest BCUT2D eigenvalue weighted by atomic mass is 16.5. The Morgan fingerprint density at radius 2 is 1.93 bits per heavy atom. The van der Waals surface area contributed by atoms with E-state index in [2.05, 4.69) is 25.9 Å². The van der Waals surface area contributed by atoms with Crippen LogP contribution in [0.25, 0.3) is 0 Å². The van der Waals surface area contributed by atoms with E-state index in [4.69, 9.17) is 4.74 Å². The molecule has 3 aromatic rings. The van der Waals surface area contributed by atoms with Crippen molar-refractivity contribution in [2.45, 2.75) is 5.54 Å². The Labute approximate surface area is 171 Å². The van der Waals surface area contributed by atoms with Gasteiger partial charge < -0.3 is 19.9 Å². The SMILES string of the molecule is Cn1ccnc1C1(CNC(=O)c2ccc(Oc3ccccc3)cn2)NC(=O)NC1=O. The third kappa shape index (κ3) is 3.58. The van der Waals surface area contributed by atoms with E-state index < -0.39 is 23.4 Å². The number of aryl methyl sites for hydroxylation is 1. The predicted octanol–water partition coefficient (Wildman–Crippen LogP) is 1.07. The molecule has 0 saturated carbocycles. The predicted molar refractivity (Wildman–Crippen MR) is 105 cm³/mol. The minimum absolute atomic E-state index is 0.134. The molecule has 0 aliphatic carbocycles. The van der Waals surface area contributed by atoms with Crippen molar-refractivity contribution in [3.63, 3.8) is 0 Å². The molecule has 1 fully saturated rings. The molecule has 1 saturated heterocycles. The maximum atomic E-state index is 12.6. The number of imide groups is 1. The van der Waals surface area contributed by atoms with E-state index in [-0.39, 0.29) is 12.2 Å². The summed E-state index contributed by atoms with van der Waals surface area (Å²) < 4.78 is 7.26. The number of ether oxygens (including phenoxy) is 1. The second-order valence-electron chi connectivity index (χ2n) is 6.65. The molecular formula is C20H18N6O4. The Morgan fingerprint density at radius 1 is 1.13 bits per heavy atom. The van der Waals surface area contributed by atoms with E-state index in [1.807, 2.05) is 18.2 Å². The zero-order valence-electron chi connectivity index (χ0n) is 16.0. The maximum Gasteiger partial charge on any atom is 0.322 e. The zero-order valence-corrected chi connectivity index (χ0v) is 16.0. The molecule has 1 atom stereocenters. The number of amides is 4. The first-order valence-electron chi connectivity index (χ1n) is 9.06. The molecule has 2 aromatic heterocycles.